The number of rotatable bonds is 3. The van der Waals surface area contributed by atoms with Crippen molar-refractivity contribution in [2.75, 3.05) is 12.8 Å². The van der Waals surface area contributed by atoms with Crippen LogP contribution in [0.2, 0.25) is 0 Å². The van der Waals surface area contributed by atoms with Crippen LogP contribution in [0.1, 0.15) is 26.5 Å². The Morgan fingerprint density at radius 3 is 2.38 bits per heavy atom. The van der Waals surface area contributed by atoms with Gasteiger partial charge in [0.2, 0.25) is 5.95 Å². The van der Waals surface area contributed by atoms with Gasteiger partial charge in [-0.1, -0.05) is 12.1 Å². The number of allylic oxidation sites excluding steroid dienone is 1. The quantitative estimate of drug-likeness (QED) is 0.678. The van der Waals surface area contributed by atoms with Crippen molar-refractivity contribution in [2.45, 2.75) is 6.18 Å². The summed E-state index contributed by atoms with van der Waals surface area (Å²) in [4.78, 5) is 26.1. The Hall–Kier alpha value is -3.17. The van der Waals surface area contributed by atoms with Crippen LogP contribution in [0.5, 0.6) is 0 Å². The zero-order valence-electron chi connectivity index (χ0n) is 12.2. The van der Waals surface area contributed by atoms with Gasteiger partial charge < -0.3 is 10.5 Å². The lowest BCUT2D eigenvalue weighted by atomic mass is 10.1. The lowest BCUT2D eigenvalue weighted by Crippen LogP contribution is -2.14. The average Bonchev–Trinajstić information content (AvgIpc) is 2.94. The molecule has 2 N–H and O–H groups in total. The summed E-state index contributed by atoms with van der Waals surface area (Å²) in [5.74, 6) is -3.58. The molecule has 0 radical (unpaired) electrons. The van der Waals surface area contributed by atoms with Gasteiger partial charge in [-0.05, 0) is 23.8 Å². The monoisotopic (exact) mass is 340 g/mol. The van der Waals surface area contributed by atoms with E-state index in [1.807, 2.05) is 0 Å². The summed E-state index contributed by atoms with van der Waals surface area (Å²) in [6.07, 6.45) is -2.48. The molecule has 0 saturated carbocycles. The number of aromatic nitrogens is 3. The van der Waals surface area contributed by atoms with Crippen molar-refractivity contribution in [1.29, 1.82) is 0 Å². The van der Waals surface area contributed by atoms with E-state index in [4.69, 9.17) is 5.73 Å². The maximum absolute atomic E-state index is 12.5. The first-order valence-electron chi connectivity index (χ1n) is 6.43. The van der Waals surface area contributed by atoms with Crippen LogP contribution in [-0.4, -0.2) is 33.8 Å². The van der Waals surface area contributed by atoms with Crippen molar-refractivity contribution in [1.82, 2.24) is 14.8 Å². The molecule has 2 aromatic rings. The molecular formula is C14H11F3N4O3. The van der Waals surface area contributed by atoms with E-state index >= 15 is 0 Å². The number of benzene rings is 1. The number of anilines is 1. The summed E-state index contributed by atoms with van der Waals surface area (Å²) in [6.45, 7) is 0. The lowest BCUT2D eigenvalue weighted by Gasteiger charge is -2.00. The molecule has 2 rings (SSSR count). The third kappa shape index (κ3) is 3.77. The van der Waals surface area contributed by atoms with Crippen molar-refractivity contribution in [2.24, 2.45) is 0 Å². The number of halogens is 3. The van der Waals surface area contributed by atoms with E-state index in [-0.39, 0.29) is 0 Å². The van der Waals surface area contributed by atoms with Gasteiger partial charge in [-0.25, -0.2) is 4.79 Å². The molecule has 126 valence electrons. The normalized spacial score (nSPS) is 11.7. The minimum absolute atomic E-state index is 0.316. The van der Waals surface area contributed by atoms with Crippen LogP contribution < -0.4 is 5.73 Å². The van der Waals surface area contributed by atoms with E-state index in [0.29, 0.717) is 15.8 Å². The minimum Gasteiger partial charge on any atom is -0.465 e. The van der Waals surface area contributed by atoms with Crippen molar-refractivity contribution in [3.05, 3.63) is 47.3 Å². The zero-order chi connectivity index (χ0) is 17.9. The molecule has 0 unspecified atom stereocenters. The van der Waals surface area contributed by atoms with Gasteiger partial charge in [-0.15, -0.1) is 5.10 Å². The van der Waals surface area contributed by atoms with Crippen LogP contribution in [0.15, 0.2) is 30.3 Å². The van der Waals surface area contributed by atoms with Crippen LogP contribution in [0.25, 0.3) is 6.08 Å². The second-order valence-corrected chi connectivity index (χ2v) is 4.49. The van der Waals surface area contributed by atoms with Gasteiger partial charge in [0, 0.05) is 6.08 Å². The molecule has 0 bridgehead atoms. The van der Waals surface area contributed by atoms with E-state index in [1.165, 1.54) is 37.5 Å². The average molecular weight is 340 g/mol. The fourth-order valence-electron chi connectivity index (χ4n) is 1.69. The summed E-state index contributed by atoms with van der Waals surface area (Å²) in [6, 6.07) is 6.01. The Labute approximate surface area is 133 Å². The third-order valence-electron chi connectivity index (χ3n) is 2.84. The molecule has 0 aliphatic carbocycles. The molecule has 1 aromatic carbocycles. The number of nitrogen functional groups attached to an aromatic ring is 1. The van der Waals surface area contributed by atoms with Crippen LogP contribution >= 0.6 is 0 Å². The summed E-state index contributed by atoms with van der Waals surface area (Å²) >= 11 is 0. The van der Waals surface area contributed by atoms with Crippen molar-refractivity contribution in [3.8, 4) is 0 Å². The highest BCUT2D eigenvalue weighted by molar-refractivity contribution is 5.94. The standard InChI is InChI=1S/C14H11F3N4O3/c1-24-11(23)9-5-2-8(3-6-9)4-7-10(22)21-13(18)19-12(20-21)14(15,16)17/h2-7H,1H3,(H2,18,19,20)/b7-4-. The van der Waals surface area contributed by atoms with E-state index in [1.54, 1.807) is 0 Å². The molecule has 0 aliphatic rings. The first-order chi connectivity index (χ1) is 11.2. The van der Waals surface area contributed by atoms with Crippen LogP contribution in [-0.2, 0) is 10.9 Å². The SMILES string of the molecule is COC(=O)c1ccc(/C=C\C(=O)n2nc(C(F)(F)F)nc2N)cc1. The van der Waals surface area contributed by atoms with Gasteiger partial charge in [0.05, 0.1) is 12.7 Å². The maximum Gasteiger partial charge on any atom is 0.453 e. The minimum atomic E-state index is -4.80. The van der Waals surface area contributed by atoms with Gasteiger partial charge in [0.25, 0.3) is 11.7 Å². The highest BCUT2D eigenvalue weighted by Gasteiger charge is 2.37. The number of carbonyl (C=O) groups excluding carboxylic acids is 2. The summed E-state index contributed by atoms with van der Waals surface area (Å²) in [5.41, 5.74) is 6.11. The molecule has 0 atom stereocenters. The van der Waals surface area contributed by atoms with Crippen LogP contribution in [0.4, 0.5) is 19.1 Å². The third-order valence-corrected chi connectivity index (χ3v) is 2.84. The summed E-state index contributed by atoms with van der Waals surface area (Å²) in [7, 11) is 1.24. The number of esters is 1. The Bertz CT molecular complexity index is 795. The number of hydrogen-bond donors (Lipinski definition) is 1. The second kappa shape index (κ2) is 6.52. The van der Waals surface area contributed by atoms with Crippen molar-refractivity contribution < 1.29 is 27.5 Å². The molecule has 0 amide bonds. The topological polar surface area (TPSA) is 100 Å². The summed E-state index contributed by atoms with van der Waals surface area (Å²) < 4.78 is 42.3. The van der Waals surface area contributed by atoms with Crippen LogP contribution in [0.3, 0.4) is 0 Å². The van der Waals surface area contributed by atoms with E-state index < -0.39 is 29.8 Å². The number of methoxy groups -OCH3 is 1. The second-order valence-electron chi connectivity index (χ2n) is 4.49. The molecule has 1 heterocycles. The van der Waals surface area contributed by atoms with Gasteiger partial charge >= 0.3 is 12.1 Å². The number of nitrogens with two attached hydrogens (primary N) is 1. The Balaban J connectivity index is 2.16. The van der Waals surface area contributed by atoms with Gasteiger partial charge in [-0.2, -0.15) is 22.8 Å². The fraction of sp³-hybridized carbons (Fsp3) is 0.143. The van der Waals surface area contributed by atoms with Crippen molar-refractivity contribution >= 4 is 23.9 Å². The largest absolute Gasteiger partial charge is 0.465 e. The van der Waals surface area contributed by atoms with Crippen molar-refractivity contribution in [3.63, 3.8) is 0 Å². The highest BCUT2D eigenvalue weighted by atomic mass is 19.4. The van der Waals surface area contributed by atoms with Crippen LogP contribution in [0, 0.1) is 0 Å². The molecular weight excluding hydrogens is 329 g/mol. The molecule has 1 aromatic heterocycles. The molecule has 10 heteroatoms. The first kappa shape index (κ1) is 17.2. The molecule has 0 saturated heterocycles. The molecule has 7 nitrogen and oxygen atoms in total. The summed E-state index contributed by atoms with van der Waals surface area (Å²) in [5, 5.41) is 3.04. The Morgan fingerprint density at radius 1 is 1.25 bits per heavy atom. The zero-order valence-corrected chi connectivity index (χ0v) is 12.2. The Kier molecular flexibility index (Phi) is 4.67. The highest BCUT2D eigenvalue weighted by Crippen LogP contribution is 2.26. The maximum atomic E-state index is 12.5. The molecule has 24 heavy (non-hydrogen) atoms. The number of ether oxygens (including phenoxy) is 1. The van der Waals surface area contributed by atoms with E-state index in [9.17, 15) is 22.8 Å². The number of hydrogen-bond acceptors (Lipinski definition) is 6. The predicted octanol–water partition coefficient (Wildman–Crippen LogP) is 2.02. The van der Waals surface area contributed by atoms with Gasteiger partial charge in [0.1, 0.15) is 0 Å². The van der Waals surface area contributed by atoms with Gasteiger partial charge in [0.15, 0.2) is 0 Å². The number of alkyl halides is 3. The van der Waals surface area contributed by atoms with E-state index in [2.05, 4.69) is 14.8 Å². The molecule has 0 fully saturated rings. The number of carbonyl (C=O) groups is 2. The molecule has 0 aliphatic heterocycles. The van der Waals surface area contributed by atoms with Gasteiger partial charge in [-0.3, -0.25) is 4.79 Å². The van der Waals surface area contributed by atoms with E-state index in [0.717, 1.165) is 6.08 Å². The number of nitrogens with zero attached hydrogens (tertiary/aromatic N) is 3. The fourth-order valence-corrected chi connectivity index (χ4v) is 1.69. The lowest BCUT2D eigenvalue weighted by molar-refractivity contribution is -0.144. The first-order valence-corrected chi connectivity index (χ1v) is 6.43. The smallest absolute Gasteiger partial charge is 0.453 e. The molecule has 0 spiro atoms. The Morgan fingerprint density at radius 2 is 1.88 bits per heavy atom. The predicted molar refractivity (Wildman–Crippen MR) is 76.9 cm³/mol.